The van der Waals surface area contributed by atoms with Gasteiger partial charge in [0.1, 0.15) is 5.84 Å². The number of likely N-dealkylation sites (tertiary alicyclic amines) is 1. The molecule has 0 radical (unpaired) electrons. The van der Waals surface area contributed by atoms with Crippen molar-refractivity contribution in [1.29, 1.82) is 0 Å². The van der Waals surface area contributed by atoms with E-state index in [4.69, 9.17) is 10.9 Å². The fraction of sp³-hybridized carbons (Fsp3) is 0.900. The number of nitrogens with two attached hydrogens (primary N) is 1. The molecule has 1 rings (SSSR count). The van der Waals surface area contributed by atoms with Crippen molar-refractivity contribution in [2.75, 3.05) is 6.54 Å². The Morgan fingerprint density at radius 1 is 1.64 bits per heavy atom. The van der Waals surface area contributed by atoms with Gasteiger partial charge in [-0.05, 0) is 33.2 Å². The fourth-order valence-electron chi connectivity index (χ4n) is 2.24. The molecule has 0 saturated carbocycles. The van der Waals surface area contributed by atoms with Gasteiger partial charge in [-0.15, -0.1) is 0 Å². The normalized spacial score (nSPS) is 27.6. The molecule has 4 nitrogen and oxygen atoms in total. The zero-order valence-corrected chi connectivity index (χ0v) is 9.11. The van der Waals surface area contributed by atoms with E-state index < -0.39 is 0 Å². The summed E-state index contributed by atoms with van der Waals surface area (Å²) in [5.41, 5.74) is 5.50. The lowest BCUT2D eigenvalue weighted by molar-refractivity contribution is 0.117. The second-order valence-electron chi connectivity index (χ2n) is 4.23. The minimum Gasteiger partial charge on any atom is -0.409 e. The Morgan fingerprint density at radius 2 is 2.36 bits per heavy atom. The van der Waals surface area contributed by atoms with E-state index in [-0.39, 0.29) is 0 Å². The van der Waals surface area contributed by atoms with Crippen LogP contribution >= 0.6 is 0 Å². The topological polar surface area (TPSA) is 61.8 Å². The predicted molar refractivity (Wildman–Crippen MR) is 57.5 cm³/mol. The minimum absolute atomic E-state index is 0.329. The van der Waals surface area contributed by atoms with E-state index in [1.165, 1.54) is 19.3 Å². The lowest BCUT2D eigenvalue weighted by Crippen LogP contribution is -2.44. The van der Waals surface area contributed by atoms with Crippen LogP contribution < -0.4 is 5.73 Å². The lowest BCUT2D eigenvalue weighted by Gasteiger charge is -2.37. The standard InChI is InChI=1S/C10H21N3O/c1-8-5-3-4-6-13(8)9(2)7-10(11)12-14/h8-9,14H,3-7H2,1-2H3,(H2,11,12). The number of hydrogen-bond acceptors (Lipinski definition) is 3. The van der Waals surface area contributed by atoms with Gasteiger partial charge in [0.15, 0.2) is 0 Å². The van der Waals surface area contributed by atoms with Crippen LogP contribution in [0.5, 0.6) is 0 Å². The first-order valence-corrected chi connectivity index (χ1v) is 5.37. The van der Waals surface area contributed by atoms with E-state index in [2.05, 4.69) is 23.9 Å². The maximum Gasteiger partial charge on any atom is 0.140 e. The molecule has 0 amide bonds. The molecule has 4 heteroatoms. The average molecular weight is 199 g/mol. The van der Waals surface area contributed by atoms with Gasteiger partial charge in [0, 0.05) is 18.5 Å². The molecule has 1 aliphatic rings. The zero-order valence-electron chi connectivity index (χ0n) is 9.11. The molecule has 3 N–H and O–H groups in total. The van der Waals surface area contributed by atoms with Gasteiger partial charge in [0.05, 0.1) is 0 Å². The molecule has 0 spiro atoms. The molecule has 1 aliphatic heterocycles. The Morgan fingerprint density at radius 3 is 2.93 bits per heavy atom. The molecule has 82 valence electrons. The maximum atomic E-state index is 8.49. The van der Waals surface area contributed by atoms with E-state index in [9.17, 15) is 0 Å². The van der Waals surface area contributed by atoms with Crippen LogP contribution in [0.1, 0.15) is 39.5 Å². The van der Waals surface area contributed by atoms with Crippen LogP contribution in [-0.2, 0) is 0 Å². The van der Waals surface area contributed by atoms with Crippen molar-refractivity contribution in [3.8, 4) is 0 Å². The quantitative estimate of drug-likeness (QED) is 0.312. The van der Waals surface area contributed by atoms with Crippen LogP contribution in [0, 0.1) is 0 Å². The molecule has 0 aliphatic carbocycles. The molecular formula is C10H21N3O. The van der Waals surface area contributed by atoms with E-state index in [1.807, 2.05) is 0 Å². The van der Waals surface area contributed by atoms with Crippen LogP contribution in [0.3, 0.4) is 0 Å². The SMILES string of the molecule is CC1CCCCN1C(C)CC(N)=NO. The first-order valence-electron chi connectivity index (χ1n) is 5.37. The van der Waals surface area contributed by atoms with Gasteiger partial charge in [-0.3, -0.25) is 4.90 Å². The van der Waals surface area contributed by atoms with Crippen molar-refractivity contribution in [3.63, 3.8) is 0 Å². The number of hydrogen-bond donors (Lipinski definition) is 2. The molecule has 1 fully saturated rings. The summed E-state index contributed by atoms with van der Waals surface area (Å²) in [6, 6.07) is 1.01. The summed E-state index contributed by atoms with van der Waals surface area (Å²) in [6.07, 6.45) is 4.51. The summed E-state index contributed by atoms with van der Waals surface area (Å²) < 4.78 is 0. The monoisotopic (exact) mass is 199 g/mol. The van der Waals surface area contributed by atoms with Crippen molar-refractivity contribution in [3.05, 3.63) is 0 Å². The third-order valence-electron chi connectivity index (χ3n) is 3.05. The minimum atomic E-state index is 0.329. The number of oxime groups is 1. The highest BCUT2D eigenvalue weighted by atomic mass is 16.4. The molecule has 14 heavy (non-hydrogen) atoms. The molecule has 0 aromatic heterocycles. The van der Waals surface area contributed by atoms with Gasteiger partial charge in [-0.2, -0.15) is 0 Å². The van der Waals surface area contributed by atoms with Crippen molar-refractivity contribution < 1.29 is 5.21 Å². The van der Waals surface area contributed by atoms with Crippen molar-refractivity contribution in [2.24, 2.45) is 10.9 Å². The van der Waals surface area contributed by atoms with Crippen LogP contribution in [0.25, 0.3) is 0 Å². The zero-order chi connectivity index (χ0) is 10.6. The summed E-state index contributed by atoms with van der Waals surface area (Å²) >= 11 is 0. The van der Waals surface area contributed by atoms with Gasteiger partial charge < -0.3 is 10.9 Å². The third-order valence-corrected chi connectivity index (χ3v) is 3.05. The summed E-state index contributed by atoms with van der Waals surface area (Å²) in [6.45, 7) is 5.53. The summed E-state index contributed by atoms with van der Waals surface area (Å²) in [5, 5.41) is 11.5. The number of amidine groups is 1. The van der Waals surface area contributed by atoms with Crippen LogP contribution in [0.4, 0.5) is 0 Å². The molecule has 1 saturated heterocycles. The maximum absolute atomic E-state index is 8.49. The Hall–Kier alpha value is -0.770. The summed E-state index contributed by atoms with van der Waals surface area (Å²) in [4.78, 5) is 2.45. The molecular weight excluding hydrogens is 178 g/mol. The lowest BCUT2D eigenvalue weighted by atomic mass is 10.0. The van der Waals surface area contributed by atoms with Crippen molar-refractivity contribution in [1.82, 2.24) is 4.90 Å². The summed E-state index contributed by atoms with van der Waals surface area (Å²) in [5.74, 6) is 0.329. The van der Waals surface area contributed by atoms with Crippen molar-refractivity contribution in [2.45, 2.75) is 51.6 Å². The number of rotatable bonds is 3. The Balaban J connectivity index is 2.45. The number of piperidine rings is 1. The predicted octanol–water partition coefficient (Wildman–Crippen LogP) is 1.39. The molecule has 2 atom stereocenters. The van der Waals surface area contributed by atoms with Gasteiger partial charge >= 0.3 is 0 Å². The molecule has 0 bridgehead atoms. The third kappa shape index (κ3) is 2.87. The van der Waals surface area contributed by atoms with E-state index in [0.29, 0.717) is 24.3 Å². The van der Waals surface area contributed by atoms with E-state index >= 15 is 0 Å². The highest BCUT2D eigenvalue weighted by molar-refractivity contribution is 5.80. The van der Waals surface area contributed by atoms with Gasteiger partial charge in [0.25, 0.3) is 0 Å². The van der Waals surface area contributed by atoms with Crippen LogP contribution in [0.2, 0.25) is 0 Å². The molecule has 2 unspecified atom stereocenters. The second-order valence-corrected chi connectivity index (χ2v) is 4.23. The van der Waals surface area contributed by atoms with Crippen LogP contribution in [-0.4, -0.2) is 34.6 Å². The Kier molecular flexibility index (Phi) is 4.20. The van der Waals surface area contributed by atoms with E-state index in [0.717, 1.165) is 6.54 Å². The van der Waals surface area contributed by atoms with Crippen LogP contribution in [0.15, 0.2) is 5.16 Å². The molecule has 0 aromatic rings. The van der Waals surface area contributed by atoms with E-state index in [1.54, 1.807) is 0 Å². The largest absolute Gasteiger partial charge is 0.409 e. The second kappa shape index (κ2) is 5.20. The highest BCUT2D eigenvalue weighted by Gasteiger charge is 2.23. The van der Waals surface area contributed by atoms with Gasteiger partial charge in [-0.1, -0.05) is 11.6 Å². The molecule has 0 aromatic carbocycles. The average Bonchev–Trinajstić information content (AvgIpc) is 2.18. The first kappa shape index (κ1) is 11.3. The highest BCUT2D eigenvalue weighted by Crippen LogP contribution is 2.20. The fourth-order valence-corrected chi connectivity index (χ4v) is 2.24. The Bertz CT molecular complexity index is 206. The van der Waals surface area contributed by atoms with Gasteiger partial charge in [0.2, 0.25) is 0 Å². The first-order chi connectivity index (χ1) is 6.65. The molecule has 1 heterocycles. The number of nitrogens with zero attached hydrogens (tertiary/aromatic N) is 2. The summed E-state index contributed by atoms with van der Waals surface area (Å²) in [7, 11) is 0. The Labute approximate surface area is 85.8 Å². The van der Waals surface area contributed by atoms with Gasteiger partial charge in [-0.25, -0.2) is 0 Å². The van der Waals surface area contributed by atoms with Crippen molar-refractivity contribution >= 4 is 5.84 Å². The smallest absolute Gasteiger partial charge is 0.140 e.